The van der Waals surface area contributed by atoms with Crippen LogP contribution in [0, 0.1) is 18.8 Å². The van der Waals surface area contributed by atoms with Crippen LogP contribution in [0.15, 0.2) is 36.7 Å². The van der Waals surface area contributed by atoms with Crippen LogP contribution in [-0.2, 0) is 15.7 Å². The van der Waals surface area contributed by atoms with Gasteiger partial charge in [-0.05, 0) is 74.3 Å². The summed E-state index contributed by atoms with van der Waals surface area (Å²) in [6.07, 6.45) is 2.89. The van der Waals surface area contributed by atoms with Crippen LogP contribution < -0.4 is 5.32 Å². The van der Waals surface area contributed by atoms with Crippen molar-refractivity contribution in [2.24, 2.45) is 11.8 Å². The zero-order valence-electron chi connectivity index (χ0n) is 21.9. The quantitative estimate of drug-likeness (QED) is 0.153. The fraction of sp³-hybridized carbons (Fsp3) is 0.500. The van der Waals surface area contributed by atoms with E-state index in [1.165, 1.54) is 11.3 Å². The van der Waals surface area contributed by atoms with Crippen LogP contribution in [0.1, 0.15) is 67.6 Å². The van der Waals surface area contributed by atoms with Crippen LogP contribution in [0.2, 0.25) is 0 Å². The van der Waals surface area contributed by atoms with Gasteiger partial charge in [-0.25, -0.2) is 15.0 Å². The molecule has 1 aliphatic rings. The third-order valence-corrected chi connectivity index (χ3v) is 8.17. The van der Waals surface area contributed by atoms with Crippen molar-refractivity contribution in [1.29, 1.82) is 0 Å². The van der Waals surface area contributed by atoms with Crippen molar-refractivity contribution in [2.45, 2.75) is 64.5 Å². The van der Waals surface area contributed by atoms with Gasteiger partial charge in [0.1, 0.15) is 5.69 Å². The molecule has 3 aromatic rings. The largest absolute Gasteiger partial charge is 0.465 e. The number of nitrogens with one attached hydrogen (secondary N) is 1. The molecule has 0 amide bonds. The molecular formula is C28H32F4N4O2S. The first-order chi connectivity index (χ1) is 18.7. The number of unbranched alkanes of at least 4 members (excludes halogenated alkanes) is 1. The highest BCUT2D eigenvalue weighted by molar-refractivity contribution is 7.15. The maximum Gasteiger partial charge on any atom is 0.433 e. The van der Waals surface area contributed by atoms with Crippen LogP contribution >= 0.6 is 11.3 Å². The highest BCUT2D eigenvalue weighted by atomic mass is 32.1. The highest BCUT2D eigenvalue weighted by Crippen LogP contribution is 2.42. The Morgan fingerprint density at radius 3 is 2.64 bits per heavy atom. The Morgan fingerprint density at radius 1 is 1.18 bits per heavy atom. The Hall–Kier alpha value is -3.08. The van der Waals surface area contributed by atoms with Gasteiger partial charge in [-0.2, -0.15) is 13.2 Å². The van der Waals surface area contributed by atoms with Gasteiger partial charge in [0.2, 0.25) is 5.95 Å². The lowest BCUT2D eigenvalue weighted by Crippen LogP contribution is -2.27. The molecule has 0 bridgehead atoms. The molecule has 1 atom stereocenters. The van der Waals surface area contributed by atoms with E-state index in [1.807, 2.05) is 19.9 Å². The summed E-state index contributed by atoms with van der Waals surface area (Å²) in [4.78, 5) is 25.2. The van der Waals surface area contributed by atoms with E-state index in [-0.39, 0.29) is 29.7 Å². The van der Waals surface area contributed by atoms with Gasteiger partial charge >= 0.3 is 12.1 Å². The second-order valence-electron chi connectivity index (χ2n) is 9.93. The third kappa shape index (κ3) is 7.52. The first-order valence-corrected chi connectivity index (χ1v) is 14.0. The number of anilines is 2. The van der Waals surface area contributed by atoms with E-state index < -0.39 is 18.5 Å². The molecule has 2 aromatic heterocycles. The van der Waals surface area contributed by atoms with Gasteiger partial charge in [0, 0.05) is 24.0 Å². The fourth-order valence-electron chi connectivity index (χ4n) is 4.88. The SMILES string of the molecule is CCCCOC(=O)[C@H]1CC[C@H](C(CF)c2ncc(-c3cc(C)cc(Nc4nccc(C(F)(F)F)n4)c3)s2)CC1. The summed E-state index contributed by atoms with van der Waals surface area (Å²) in [5.74, 6) is -0.671. The topological polar surface area (TPSA) is 77.0 Å². The van der Waals surface area contributed by atoms with Gasteiger partial charge in [-0.3, -0.25) is 9.18 Å². The molecule has 39 heavy (non-hydrogen) atoms. The average Bonchev–Trinajstić information content (AvgIpc) is 3.39. The van der Waals surface area contributed by atoms with Crippen molar-refractivity contribution in [3.8, 4) is 10.4 Å². The molecular weight excluding hydrogens is 532 g/mol. The number of carbonyl (C=O) groups is 1. The molecule has 1 saturated carbocycles. The highest BCUT2D eigenvalue weighted by Gasteiger charge is 2.34. The Morgan fingerprint density at radius 2 is 1.95 bits per heavy atom. The first kappa shape index (κ1) is 28.9. The van der Waals surface area contributed by atoms with Gasteiger partial charge in [-0.15, -0.1) is 11.3 Å². The van der Waals surface area contributed by atoms with E-state index in [2.05, 4.69) is 20.3 Å². The number of alkyl halides is 4. The van der Waals surface area contributed by atoms with Gasteiger partial charge in [-0.1, -0.05) is 19.4 Å². The molecule has 2 heterocycles. The van der Waals surface area contributed by atoms with Crippen molar-refractivity contribution in [3.63, 3.8) is 0 Å². The maximum atomic E-state index is 14.3. The summed E-state index contributed by atoms with van der Waals surface area (Å²) in [5.41, 5.74) is 1.19. The lowest BCUT2D eigenvalue weighted by atomic mass is 9.76. The third-order valence-electron chi connectivity index (χ3n) is 6.99. The Balaban J connectivity index is 1.44. The molecule has 1 N–H and O–H groups in total. The molecule has 1 unspecified atom stereocenters. The number of rotatable bonds is 10. The van der Waals surface area contributed by atoms with E-state index in [0.29, 0.717) is 30.1 Å². The van der Waals surface area contributed by atoms with Gasteiger partial charge in [0.25, 0.3) is 0 Å². The van der Waals surface area contributed by atoms with E-state index >= 15 is 0 Å². The van der Waals surface area contributed by atoms with Crippen LogP contribution in [0.3, 0.4) is 0 Å². The van der Waals surface area contributed by atoms with Crippen molar-refractivity contribution in [2.75, 3.05) is 18.6 Å². The summed E-state index contributed by atoms with van der Waals surface area (Å²) in [5, 5.41) is 3.56. The number of benzene rings is 1. The molecule has 11 heteroatoms. The predicted octanol–water partition coefficient (Wildman–Crippen LogP) is 7.87. The minimum atomic E-state index is -4.57. The van der Waals surface area contributed by atoms with Crippen molar-refractivity contribution in [1.82, 2.24) is 15.0 Å². The molecule has 6 nitrogen and oxygen atoms in total. The Kier molecular flexibility index (Phi) is 9.53. The number of halogens is 4. The second kappa shape index (κ2) is 12.8. The minimum Gasteiger partial charge on any atom is -0.465 e. The van der Waals surface area contributed by atoms with E-state index in [9.17, 15) is 22.4 Å². The molecule has 1 aliphatic carbocycles. The Labute approximate surface area is 229 Å². The number of carbonyl (C=O) groups excluding carboxylic acids is 1. The summed E-state index contributed by atoms with van der Waals surface area (Å²) >= 11 is 1.41. The standard InChI is InChI=1S/C28H32F4N4O2S/c1-3-4-11-38-26(37)19-7-5-18(6-8-19)22(15-29)25-34-16-23(39-25)20-12-17(2)13-21(14-20)35-27-33-10-9-24(36-27)28(30,31)32/h9-10,12-14,16,18-19,22H,3-8,11,15H2,1-2H3,(H,33,35,36)/t18-,19-,22?. The van der Waals surface area contributed by atoms with Crippen LogP contribution in [0.4, 0.5) is 29.2 Å². The monoisotopic (exact) mass is 564 g/mol. The average molecular weight is 565 g/mol. The summed E-state index contributed by atoms with van der Waals surface area (Å²) in [6.45, 7) is 3.84. The number of aryl methyl sites for hydroxylation is 1. The first-order valence-electron chi connectivity index (χ1n) is 13.2. The smallest absolute Gasteiger partial charge is 0.433 e. The normalized spacial score (nSPS) is 18.5. The van der Waals surface area contributed by atoms with E-state index in [0.717, 1.165) is 54.0 Å². The molecule has 1 fully saturated rings. The summed E-state index contributed by atoms with van der Waals surface area (Å²) in [7, 11) is 0. The summed E-state index contributed by atoms with van der Waals surface area (Å²) in [6, 6.07) is 6.33. The molecule has 0 radical (unpaired) electrons. The van der Waals surface area contributed by atoms with Crippen LogP contribution in [0.25, 0.3) is 10.4 Å². The molecule has 0 saturated heterocycles. The molecule has 0 spiro atoms. The van der Waals surface area contributed by atoms with Crippen LogP contribution in [-0.4, -0.2) is 34.2 Å². The predicted molar refractivity (Wildman–Crippen MR) is 143 cm³/mol. The lowest BCUT2D eigenvalue weighted by Gasteiger charge is -2.31. The maximum absolute atomic E-state index is 14.3. The number of nitrogens with zero attached hydrogens (tertiary/aromatic N) is 3. The zero-order valence-corrected chi connectivity index (χ0v) is 22.7. The summed E-state index contributed by atoms with van der Waals surface area (Å²) < 4.78 is 58.7. The number of hydrogen-bond acceptors (Lipinski definition) is 7. The number of ether oxygens (including phenoxy) is 1. The van der Waals surface area contributed by atoms with Crippen molar-refractivity contribution < 1.29 is 27.1 Å². The van der Waals surface area contributed by atoms with Crippen LogP contribution in [0.5, 0.6) is 0 Å². The van der Waals surface area contributed by atoms with Crippen molar-refractivity contribution in [3.05, 3.63) is 52.9 Å². The zero-order chi connectivity index (χ0) is 28.0. The lowest BCUT2D eigenvalue weighted by molar-refractivity contribution is -0.150. The number of thiazole rings is 1. The van der Waals surface area contributed by atoms with Crippen molar-refractivity contribution >= 4 is 28.9 Å². The van der Waals surface area contributed by atoms with Gasteiger partial charge in [0.05, 0.1) is 29.1 Å². The molecule has 210 valence electrons. The van der Waals surface area contributed by atoms with E-state index in [1.54, 1.807) is 18.3 Å². The fourth-order valence-corrected chi connectivity index (χ4v) is 5.96. The number of hydrogen-bond donors (Lipinski definition) is 1. The number of esters is 1. The molecule has 4 rings (SSSR count). The van der Waals surface area contributed by atoms with Gasteiger partial charge < -0.3 is 10.1 Å². The second-order valence-corrected chi connectivity index (χ2v) is 11.0. The van der Waals surface area contributed by atoms with Gasteiger partial charge in [0.15, 0.2) is 0 Å². The molecule has 1 aromatic carbocycles. The Bertz CT molecular complexity index is 1260. The molecule has 0 aliphatic heterocycles. The number of aromatic nitrogens is 3. The minimum absolute atomic E-state index is 0.0986. The van der Waals surface area contributed by atoms with E-state index in [4.69, 9.17) is 4.74 Å².